The fourth-order valence-corrected chi connectivity index (χ4v) is 4.88. The highest BCUT2D eigenvalue weighted by Crippen LogP contribution is 2.40. The summed E-state index contributed by atoms with van der Waals surface area (Å²) in [5.74, 6) is 1.52. The number of nitrogens with one attached hydrogen (secondary N) is 1. The highest BCUT2D eigenvalue weighted by Gasteiger charge is 2.42. The number of carbonyl (C=O) groups is 1. The van der Waals surface area contributed by atoms with E-state index in [2.05, 4.69) is 16.5 Å². The van der Waals surface area contributed by atoms with Gasteiger partial charge >= 0.3 is 0 Å². The standard InChI is InChI=1S/C23H30N4O2/c1-24-18-9-11-23(12-10-18)15-27(14-17-5-3-4-6-21(17)29-23)22(28)20-13-19(16-7-8-16)25-26(20)2/h3-6,13,16,18,24H,7-12,14-15H2,1-2H3. The van der Waals surface area contributed by atoms with Crippen molar-refractivity contribution in [3.63, 3.8) is 0 Å². The van der Waals surface area contributed by atoms with Gasteiger partial charge in [-0.05, 0) is 57.7 Å². The summed E-state index contributed by atoms with van der Waals surface area (Å²) >= 11 is 0. The van der Waals surface area contributed by atoms with Crippen molar-refractivity contribution < 1.29 is 9.53 Å². The van der Waals surface area contributed by atoms with Gasteiger partial charge in [0.1, 0.15) is 17.0 Å². The van der Waals surface area contributed by atoms with E-state index in [1.807, 2.05) is 43.3 Å². The first-order valence-electron chi connectivity index (χ1n) is 10.8. The SMILES string of the molecule is CNC1CCC2(CC1)CN(C(=O)c1cc(C3CC3)nn1C)Cc1ccccc1O2. The lowest BCUT2D eigenvalue weighted by molar-refractivity contribution is 0.000147. The highest BCUT2D eigenvalue weighted by atomic mass is 16.5. The summed E-state index contributed by atoms with van der Waals surface area (Å²) in [6.07, 6.45) is 6.41. The molecular weight excluding hydrogens is 364 g/mol. The number of carbonyl (C=O) groups excluding carboxylic acids is 1. The second-order valence-corrected chi connectivity index (χ2v) is 8.97. The van der Waals surface area contributed by atoms with Crippen LogP contribution in [0.15, 0.2) is 30.3 Å². The van der Waals surface area contributed by atoms with Gasteiger partial charge < -0.3 is 15.0 Å². The molecular formula is C23H30N4O2. The maximum absolute atomic E-state index is 13.6. The van der Waals surface area contributed by atoms with Crippen LogP contribution in [0.3, 0.4) is 0 Å². The van der Waals surface area contributed by atoms with Gasteiger partial charge in [-0.1, -0.05) is 18.2 Å². The van der Waals surface area contributed by atoms with Crippen LogP contribution in [0.1, 0.15) is 66.2 Å². The zero-order valence-corrected chi connectivity index (χ0v) is 17.4. The Morgan fingerprint density at radius 2 is 1.97 bits per heavy atom. The van der Waals surface area contributed by atoms with E-state index in [-0.39, 0.29) is 11.5 Å². The van der Waals surface area contributed by atoms with Gasteiger partial charge in [0.15, 0.2) is 0 Å². The Morgan fingerprint density at radius 3 is 2.69 bits per heavy atom. The minimum Gasteiger partial charge on any atom is -0.485 e. The Morgan fingerprint density at radius 1 is 1.21 bits per heavy atom. The number of hydrogen-bond donors (Lipinski definition) is 1. The van der Waals surface area contributed by atoms with Crippen LogP contribution in [-0.2, 0) is 13.6 Å². The van der Waals surface area contributed by atoms with Crippen molar-refractivity contribution in [2.24, 2.45) is 7.05 Å². The summed E-state index contributed by atoms with van der Waals surface area (Å²) in [6, 6.07) is 10.7. The molecule has 2 saturated carbocycles. The molecule has 1 aliphatic heterocycles. The zero-order chi connectivity index (χ0) is 20.0. The normalized spacial score (nSPS) is 26.7. The van der Waals surface area contributed by atoms with E-state index < -0.39 is 0 Å². The van der Waals surface area contributed by atoms with Crippen molar-refractivity contribution in [2.75, 3.05) is 13.6 Å². The summed E-state index contributed by atoms with van der Waals surface area (Å²) in [5, 5.41) is 8.01. The van der Waals surface area contributed by atoms with Crippen molar-refractivity contribution in [2.45, 2.75) is 62.6 Å². The van der Waals surface area contributed by atoms with E-state index >= 15 is 0 Å². The average Bonchev–Trinajstić information content (AvgIpc) is 3.52. The number of aryl methyl sites for hydroxylation is 1. The Kier molecular flexibility index (Phi) is 4.62. The van der Waals surface area contributed by atoms with E-state index in [1.54, 1.807) is 4.68 Å². The first-order chi connectivity index (χ1) is 14.1. The first kappa shape index (κ1) is 18.7. The van der Waals surface area contributed by atoms with Crippen LogP contribution in [0.25, 0.3) is 0 Å². The second kappa shape index (κ2) is 7.17. The molecule has 1 aromatic heterocycles. The molecule has 2 fully saturated rings. The number of fused-ring (bicyclic) bond motifs is 1. The minimum atomic E-state index is -0.312. The molecule has 0 bridgehead atoms. The zero-order valence-electron chi connectivity index (χ0n) is 17.4. The van der Waals surface area contributed by atoms with E-state index in [1.165, 1.54) is 12.8 Å². The van der Waals surface area contributed by atoms with Crippen molar-refractivity contribution in [3.8, 4) is 5.75 Å². The molecule has 0 atom stereocenters. The molecule has 6 heteroatoms. The van der Waals surface area contributed by atoms with Crippen LogP contribution in [0.5, 0.6) is 5.75 Å². The average molecular weight is 395 g/mol. The molecule has 154 valence electrons. The van der Waals surface area contributed by atoms with Crippen LogP contribution in [0.2, 0.25) is 0 Å². The van der Waals surface area contributed by atoms with Gasteiger partial charge in [-0.2, -0.15) is 5.10 Å². The third-order valence-corrected chi connectivity index (χ3v) is 6.85. The Labute approximate surface area is 172 Å². The van der Waals surface area contributed by atoms with Gasteiger partial charge in [-0.25, -0.2) is 0 Å². The molecule has 6 nitrogen and oxygen atoms in total. The number of para-hydroxylation sites is 1. The maximum atomic E-state index is 13.6. The van der Waals surface area contributed by atoms with Gasteiger partial charge in [-0.3, -0.25) is 9.48 Å². The predicted octanol–water partition coefficient (Wildman–Crippen LogP) is 3.23. The molecule has 0 unspecified atom stereocenters. The maximum Gasteiger partial charge on any atom is 0.272 e. The monoisotopic (exact) mass is 394 g/mol. The molecule has 1 amide bonds. The summed E-state index contributed by atoms with van der Waals surface area (Å²) in [7, 11) is 3.91. The summed E-state index contributed by atoms with van der Waals surface area (Å²) in [4.78, 5) is 15.6. The number of nitrogens with zero attached hydrogens (tertiary/aromatic N) is 3. The molecule has 1 N–H and O–H groups in total. The first-order valence-corrected chi connectivity index (χ1v) is 10.8. The van der Waals surface area contributed by atoms with Crippen molar-refractivity contribution in [1.82, 2.24) is 20.0 Å². The van der Waals surface area contributed by atoms with E-state index in [9.17, 15) is 4.79 Å². The van der Waals surface area contributed by atoms with Crippen molar-refractivity contribution in [1.29, 1.82) is 0 Å². The van der Waals surface area contributed by atoms with Crippen LogP contribution < -0.4 is 10.1 Å². The molecule has 1 spiro atoms. The van der Waals surface area contributed by atoms with Crippen LogP contribution >= 0.6 is 0 Å². The molecule has 1 aromatic carbocycles. The number of rotatable bonds is 3. The number of amides is 1. The van der Waals surface area contributed by atoms with Crippen molar-refractivity contribution >= 4 is 5.91 Å². The smallest absolute Gasteiger partial charge is 0.272 e. The topological polar surface area (TPSA) is 59.4 Å². The van der Waals surface area contributed by atoms with E-state index in [4.69, 9.17) is 4.74 Å². The third-order valence-electron chi connectivity index (χ3n) is 6.85. The largest absolute Gasteiger partial charge is 0.485 e. The lowest BCUT2D eigenvalue weighted by atomic mass is 9.81. The molecule has 2 aliphatic carbocycles. The van der Waals surface area contributed by atoms with E-state index in [0.717, 1.165) is 42.7 Å². The number of hydrogen-bond acceptors (Lipinski definition) is 4. The van der Waals surface area contributed by atoms with Crippen molar-refractivity contribution in [3.05, 3.63) is 47.3 Å². The second-order valence-electron chi connectivity index (χ2n) is 8.97. The van der Waals surface area contributed by atoms with Gasteiger partial charge in [0.05, 0.1) is 12.2 Å². The quantitative estimate of drug-likeness (QED) is 0.868. The lowest BCUT2D eigenvalue weighted by Gasteiger charge is -2.41. The van der Waals surface area contributed by atoms with Crippen LogP contribution in [0.4, 0.5) is 0 Å². The molecule has 2 heterocycles. The van der Waals surface area contributed by atoms with Gasteiger partial charge in [0.2, 0.25) is 0 Å². The summed E-state index contributed by atoms with van der Waals surface area (Å²) in [5.41, 5.74) is 2.52. The lowest BCUT2D eigenvalue weighted by Crippen LogP contribution is -2.51. The highest BCUT2D eigenvalue weighted by molar-refractivity contribution is 5.93. The molecule has 2 aromatic rings. The molecule has 29 heavy (non-hydrogen) atoms. The minimum absolute atomic E-state index is 0.0577. The Bertz CT molecular complexity index is 909. The van der Waals surface area contributed by atoms with Crippen LogP contribution in [0, 0.1) is 0 Å². The summed E-state index contributed by atoms with van der Waals surface area (Å²) < 4.78 is 8.40. The van der Waals surface area contributed by atoms with Gasteiger partial charge in [0, 0.05) is 31.1 Å². The number of aromatic nitrogens is 2. The molecule has 0 radical (unpaired) electrons. The molecule has 0 saturated heterocycles. The third kappa shape index (κ3) is 3.54. The number of ether oxygens (including phenoxy) is 1. The molecule has 3 aliphatic rings. The van der Waals surface area contributed by atoms with E-state index in [0.29, 0.717) is 30.7 Å². The van der Waals surface area contributed by atoms with Crippen LogP contribution in [-0.4, -0.2) is 45.8 Å². The summed E-state index contributed by atoms with van der Waals surface area (Å²) in [6.45, 7) is 1.21. The fraction of sp³-hybridized carbons (Fsp3) is 0.565. The predicted molar refractivity (Wildman–Crippen MR) is 111 cm³/mol. The molecule has 5 rings (SSSR count). The Hall–Kier alpha value is -2.34. The number of benzene rings is 1. The fourth-order valence-electron chi connectivity index (χ4n) is 4.88. The van der Waals surface area contributed by atoms with Gasteiger partial charge in [-0.15, -0.1) is 0 Å². The Balaban J connectivity index is 1.46. The van der Waals surface area contributed by atoms with Gasteiger partial charge in [0.25, 0.3) is 5.91 Å².